The van der Waals surface area contributed by atoms with Crippen LogP contribution >= 0.6 is 23.5 Å². The van der Waals surface area contributed by atoms with E-state index < -0.39 is 6.61 Å². The Morgan fingerprint density at radius 3 is 2.50 bits per heavy atom. The molecule has 0 spiro atoms. The van der Waals surface area contributed by atoms with Crippen molar-refractivity contribution in [3.8, 4) is 11.5 Å². The van der Waals surface area contributed by atoms with Gasteiger partial charge in [0.2, 0.25) is 0 Å². The van der Waals surface area contributed by atoms with Gasteiger partial charge in [0.05, 0.1) is 11.7 Å². The van der Waals surface area contributed by atoms with Gasteiger partial charge in [-0.05, 0) is 41.8 Å². The number of carbonyl (C=O) groups excluding carboxylic acids is 1. The van der Waals surface area contributed by atoms with E-state index in [1.807, 2.05) is 47.8 Å². The van der Waals surface area contributed by atoms with Gasteiger partial charge in [-0.2, -0.15) is 8.78 Å². The van der Waals surface area contributed by atoms with Crippen molar-refractivity contribution in [3.05, 3.63) is 59.2 Å². The maximum absolute atomic E-state index is 12.4. The van der Waals surface area contributed by atoms with Crippen molar-refractivity contribution in [3.63, 3.8) is 0 Å². The van der Waals surface area contributed by atoms with E-state index in [0.717, 1.165) is 17.1 Å². The van der Waals surface area contributed by atoms with Crippen molar-refractivity contribution in [1.29, 1.82) is 0 Å². The highest BCUT2D eigenvalue weighted by molar-refractivity contribution is 8.19. The van der Waals surface area contributed by atoms with Crippen molar-refractivity contribution in [1.82, 2.24) is 5.32 Å². The summed E-state index contributed by atoms with van der Waals surface area (Å²) in [4.78, 5) is 12.3. The summed E-state index contributed by atoms with van der Waals surface area (Å²) < 4.78 is 34.7. The molecule has 2 aromatic rings. The van der Waals surface area contributed by atoms with Crippen LogP contribution < -0.4 is 14.8 Å². The second kappa shape index (κ2) is 10.0. The van der Waals surface area contributed by atoms with Gasteiger partial charge in [0, 0.05) is 23.6 Å². The van der Waals surface area contributed by atoms with Crippen LogP contribution in [0.2, 0.25) is 0 Å². The van der Waals surface area contributed by atoms with Gasteiger partial charge in [-0.25, -0.2) is 0 Å². The molecule has 3 rings (SSSR count). The van der Waals surface area contributed by atoms with Crippen molar-refractivity contribution in [2.75, 3.05) is 25.2 Å². The molecule has 0 aliphatic carbocycles. The molecule has 0 bridgehead atoms. The van der Waals surface area contributed by atoms with Gasteiger partial charge in [0.25, 0.3) is 5.91 Å². The highest BCUT2D eigenvalue weighted by Crippen LogP contribution is 2.45. The minimum absolute atomic E-state index is 0.0102. The van der Waals surface area contributed by atoms with Crippen LogP contribution in [-0.4, -0.2) is 37.7 Å². The smallest absolute Gasteiger partial charge is 0.387 e. The standard InChI is InChI=1S/C20H21F2NO3S2/c1-25-17-12-13(2-7-16(17)26-20(21)22)8-9-23-18(24)14-3-5-15(6-4-14)19-27-10-11-28-19/h2-7,12,19-20H,8-11H2,1H3,(H,23,24). The van der Waals surface area contributed by atoms with Crippen LogP contribution in [0.4, 0.5) is 8.78 Å². The van der Waals surface area contributed by atoms with Crippen LogP contribution in [0.25, 0.3) is 0 Å². The molecule has 1 fully saturated rings. The third kappa shape index (κ3) is 5.54. The van der Waals surface area contributed by atoms with Crippen LogP contribution in [-0.2, 0) is 6.42 Å². The normalized spacial score (nSPS) is 14.3. The summed E-state index contributed by atoms with van der Waals surface area (Å²) in [6, 6.07) is 12.5. The zero-order valence-electron chi connectivity index (χ0n) is 15.3. The Labute approximate surface area is 171 Å². The van der Waals surface area contributed by atoms with Crippen molar-refractivity contribution in [2.24, 2.45) is 0 Å². The average Bonchev–Trinajstić information content (AvgIpc) is 3.23. The molecule has 8 heteroatoms. The Morgan fingerprint density at radius 1 is 1.14 bits per heavy atom. The van der Waals surface area contributed by atoms with Crippen LogP contribution in [0.15, 0.2) is 42.5 Å². The monoisotopic (exact) mass is 425 g/mol. The van der Waals surface area contributed by atoms with Crippen molar-refractivity contribution >= 4 is 29.4 Å². The molecule has 1 N–H and O–H groups in total. The van der Waals surface area contributed by atoms with Gasteiger partial charge in [-0.3, -0.25) is 4.79 Å². The predicted octanol–water partition coefficient (Wildman–Crippen LogP) is 4.75. The summed E-state index contributed by atoms with van der Waals surface area (Å²) in [6.07, 6.45) is 0.546. The number of alkyl halides is 2. The lowest BCUT2D eigenvalue weighted by atomic mass is 10.1. The minimum Gasteiger partial charge on any atom is -0.493 e. The molecule has 1 amide bonds. The number of nitrogens with one attached hydrogen (secondary N) is 1. The Morgan fingerprint density at radius 2 is 1.86 bits per heavy atom. The topological polar surface area (TPSA) is 47.6 Å². The number of amides is 1. The van der Waals surface area contributed by atoms with E-state index in [2.05, 4.69) is 10.1 Å². The first-order valence-corrected chi connectivity index (χ1v) is 10.9. The molecule has 28 heavy (non-hydrogen) atoms. The summed E-state index contributed by atoms with van der Waals surface area (Å²) in [5.41, 5.74) is 2.71. The highest BCUT2D eigenvalue weighted by Gasteiger charge is 2.18. The first kappa shape index (κ1) is 20.8. The first-order valence-electron chi connectivity index (χ1n) is 8.80. The predicted molar refractivity (Wildman–Crippen MR) is 110 cm³/mol. The lowest BCUT2D eigenvalue weighted by molar-refractivity contribution is -0.0512. The number of hydrogen-bond acceptors (Lipinski definition) is 5. The van der Waals surface area contributed by atoms with E-state index in [0.29, 0.717) is 23.1 Å². The number of hydrogen-bond donors (Lipinski definition) is 1. The van der Waals surface area contributed by atoms with Crippen molar-refractivity contribution < 1.29 is 23.0 Å². The fraction of sp³-hybridized carbons (Fsp3) is 0.350. The van der Waals surface area contributed by atoms with E-state index >= 15 is 0 Å². The highest BCUT2D eigenvalue weighted by atomic mass is 32.2. The van der Waals surface area contributed by atoms with E-state index in [1.165, 1.54) is 18.7 Å². The van der Waals surface area contributed by atoms with E-state index in [-0.39, 0.29) is 17.4 Å². The van der Waals surface area contributed by atoms with Gasteiger partial charge in [0.1, 0.15) is 0 Å². The molecule has 2 aromatic carbocycles. The molecule has 0 saturated carbocycles. The zero-order chi connectivity index (χ0) is 19.9. The summed E-state index contributed by atoms with van der Waals surface area (Å²) in [6.45, 7) is -2.48. The molecule has 150 valence electrons. The van der Waals surface area contributed by atoms with Crippen LogP contribution in [0.3, 0.4) is 0 Å². The molecule has 4 nitrogen and oxygen atoms in total. The fourth-order valence-corrected chi connectivity index (χ4v) is 5.69. The Kier molecular flexibility index (Phi) is 7.44. The van der Waals surface area contributed by atoms with E-state index in [1.54, 1.807) is 12.1 Å². The van der Waals surface area contributed by atoms with Gasteiger partial charge in [-0.1, -0.05) is 18.2 Å². The van der Waals surface area contributed by atoms with Gasteiger partial charge < -0.3 is 14.8 Å². The van der Waals surface area contributed by atoms with Crippen molar-refractivity contribution in [2.45, 2.75) is 17.6 Å². The van der Waals surface area contributed by atoms with E-state index in [9.17, 15) is 13.6 Å². The lowest BCUT2D eigenvalue weighted by Crippen LogP contribution is -2.25. The number of methoxy groups -OCH3 is 1. The second-order valence-electron chi connectivity index (χ2n) is 6.07. The van der Waals surface area contributed by atoms with Gasteiger partial charge >= 0.3 is 6.61 Å². The molecule has 0 atom stereocenters. The minimum atomic E-state index is -2.91. The molecular weight excluding hydrogens is 404 g/mol. The maximum Gasteiger partial charge on any atom is 0.387 e. The Hall–Kier alpha value is -1.93. The number of halogens is 2. The van der Waals surface area contributed by atoms with E-state index in [4.69, 9.17) is 4.74 Å². The van der Waals surface area contributed by atoms with Crippen LogP contribution in [0.5, 0.6) is 11.5 Å². The molecule has 1 aliphatic heterocycles. The lowest BCUT2D eigenvalue weighted by Gasteiger charge is -2.12. The SMILES string of the molecule is COc1cc(CCNC(=O)c2ccc(C3SCCS3)cc2)ccc1OC(F)F. The van der Waals surface area contributed by atoms with Crippen LogP contribution in [0, 0.1) is 0 Å². The second-order valence-corrected chi connectivity index (χ2v) is 8.79. The summed E-state index contributed by atoms with van der Waals surface area (Å²) in [5.74, 6) is 2.42. The molecular formula is C20H21F2NO3S2. The average molecular weight is 426 g/mol. The molecule has 0 aromatic heterocycles. The third-order valence-corrected chi connectivity index (χ3v) is 7.31. The number of thioether (sulfide) groups is 2. The number of carbonyl (C=O) groups is 1. The number of ether oxygens (including phenoxy) is 2. The van der Waals surface area contributed by atoms with Crippen LogP contribution in [0.1, 0.15) is 26.1 Å². The van der Waals surface area contributed by atoms with Gasteiger partial charge in [-0.15, -0.1) is 23.5 Å². The maximum atomic E-state index is 12.4. The first-order chi connectivity index (χ1) is 13.6. The Balaban J connectivity index is 1.52. The largest absolute Gasteiger partial charge is 0.493 e. The summed E-state index contributed by atoms with van der Waals surface area (Å²) in [5, 5.41) is 2.88. The molecule has 1 aliphatic rings. The molecule has 0 radical (unpaired) electrons. The quantitative estimate of drug-likeness (QED) is 0.662. The molecule has 0 unspecified atom stereocenters. The number of rotatable bonds is 8. The Bertz CT molecular complexity index is 797. The van der Waals surface area contributed by atoms with Gasteiger partial charge in [0.15, 0.2) is 11.5 Å². The third-order valence-electron chi connectivity index (χ3n) is 4.21. The number of benzene rings is 2. The summed E-state index contributed by atoms with van der Waals surface area (Å²) in [7, 11) is 1.39. The molecule has 1 saturated heterocycles. The molecule has 1 heterocycles. The zero-order valence-corrected chi connectivity index (χ0v) is 17.0. The fourth-order valence-electron chi connectivity index (χ4n) is 2.83. The summed E-state index contributed by atoms with van der Waals surface area (Å²) >= 11 is 3.86.